The summed E-state index contributed by atoms with van der Waals surface area (Å²) in [6.45, 7) is 11.8. The van der Waals surface area contributed by atoms with Crippen molar-refractivity contribution in [3.8, 4) is 11.3 Å². The molecule has 0 aromatic carbocycles. The topological polar surface area (TPSA) is 130 Å². The smallest absolute Gasteiger partial charge is 0.260 e. The second-order valence-electron chi connectivity index (χ2n) is 8.77. The molecule has 3 aromatic heterocycles. The molecule has 11 nitrogen and oxygen atoms in total. The molecule has 12 heteroatoms. The van der Waals surface area contributed by atoms with Crippen molar-refractivity contribution >= 4 is 21.7 Å². The number of anilines is 1. The number of sulfonamides is 1. The van der Waals surface area contributed by atoms with Crippen molar-refractivity contribution in [3.63, 3.8) is 0 Å². The molecule has 0 radical (unpaired) electrons. The fraction of sp³-hybridized carbons (Fsp3) is 0.409. The highest BCUT2D eigenvalue weighted by Gasteiger charge is 2.30. The van der Waals surface area contributed by atoms with Crippen molar-refractivity contribution in [2.75, 3.05) is 18.4 Å². The minimum Gasteiger partial charge on any atom is -0.389 e. The van der Waals surface area contributed by atoms with Gasteiger partial charge in [0.2, 0.25) is 11.6 Å². The van der Waals surface area contributed by atoms with Crippen molar-refractivity contribution in [2.24, 2.45) is 0 Å². The van der Waals surface area contributed by atoms with Crippen LogP contribution >= 0.6 is 0 Å². The van der Waals surface area contributed by atoms with Crippen molar-refractivity contribution in [1.82, 2.24) is 29.0 Å². The molecule has 0 amide bonds. The van der Waals surface area contributed by atoms with Crippen LogP contribution in [-0.2, 0) is 16.6 Å². The van der Waals surface area contributed by atoms with Crippen LogP contribution in [0.1, 0.15) is 26.7 Å². The fourth-order valence-corrected chi connectivity index (χ4v) is 5.16. The number of piperidine rings is 1. The third-order valence-electron chi connectivity index (χ3n) is 5.37. The zero-order valence-corrected chi connectivity index (χ0v) is 19.8. The molecule has 34 heavy (non-hydrogen) atoms. The van der Waals surface area contributed by atoms with Crippen LogP contribution in [0.25, 0.3) is 16.1 Å². The number of nitrogens with one attached hydrogen (secondary N) is 1. The van der Waals surface area contributed by atoms with Crippen LogP contribution in [0.5, 0.6) is 0 Å². The first-order valence-electron chi connectivity index (χ1n) is 10.8. The second kappa shape index (κ2) is 9.46. The Labute approximate surface area is 198 Å². The lowest BCUT2D eigenvalue weighted by molar-refractivity contribution is 0.0577. The minimum absolute atomic E-state index is 0.0141. The molecule has 178 valence electrons. The van der Waals surface area contributed by atoms with Crippen LogP contribution in [0.4, 0.5) is 11.6 Å². The quantitative estimate of drug-likeness (QED) is 0.491. The highest BCUT2D eigenvalue weighted by atomic mass is 32.2. The molecular formula is C22H26N8O3S. The Morgan fingerprint density at radius 3 is 2.65 bits per heavy atom. The zero-order valence-electron chi connectivity index (χ0n) is 19.0. The summed E-state index contributed by atoms with van der Waals surface area (Å²) in [4.78, 5) is 16.3. The van der Waals surface area contributed by atoms with Gasteiger partial charge in [0.1, 0.15) is 0 Å². The van der Waals surface area contributed by atoms with Crippen LogP contribution in [0.2, 0.25) is 0 Å². The molecule has 1 fully saturated rings. The van der Waals surface area contributed by atoms with Crippen molar-refractivity contribution in [3.05, 3.63) is 54.4 Å². The monoisotopic (exact) mass is 482 g/mol. The number of nitrogens with zero attached hydrogens (tertiary/aromatic N) is 7. The summed E-state index contributed by atoms with van der Waals surface area (Å²) in [7, 11) is -3.62. The average molecular weight is 483 g/mol. The van der Waals surface area contributed by atoms with Crippen molar-refractivity contribution < 1.29 is 13.5 Å². The van der Waals surface area contributed by atoms with E-state index < -0.39 is 15.6 Å². The van der Waals surface area contributed by atoms with Gasteiger partial charge in [0.05, 0.1) is 30.6 Å². The van der Waals surface area contributed by atoms with Crippen LogP contribution in [0.3, 0.4) is 0 Å². The Balaban J connectivity index is 1.45. The first kappa shape index (κ1) is 23.7. The summed E-state index contributed by atoms with van der Waals surface area (Å²) in [6.07, 6.45) is 7.44. The lowest BCUT2D eigenvalue weighted by atomic mass is 10.1. The zero-order chi connectivity index (χ0) is 24.3. The van der Waals surface area contributed by atoms with Crippen LogP contribution in [0, 0.1) is 6.57 Å². The molecule has 0 spiro atoms. The summed E-state index contributed by atoms with van der Waals surface area (Å²) in [5, 5.41) is 17.6. The Bertz CT molecular complexity index is 1290. The molecule has 0 aliphatic carbocycles. The van der Waals surface area contributed by atoms with E-state index in [2.05, 4.69) is 30.2 Å². The Morgan fingerprint density at radius 2 is 2.00 bits per heavy atom. The van der Waals surface area contributed by atoms with E-state index in [4.69, 9.17) is 6.57 Å². The van der Waals surface area contributed by atoms with E-state index in [-0.39, 0.29) is 11.1 Å². The molecular weight excluding hydrogens is 456 g/mol. The Morgan fingerprint density at radius 1 is 1.24 bits per heavy atom. The van der Waals surface area contributed by atoms with Gasteiger partial charge in [-0.15, -0.1) is 0 Å². The van der Waals surface area contributed by atoms with Crippen molar-refractivity contribution in [1.29, 1.82) is 0 Å². The lowest BCUT2D eigenvalue weighted by Crippen LogP contribution is -2.42. The molecule has 0 unspecified atom stereocenters. The SMILES string of the molecule is [C-]#[N+]c1cnc(NC2CCN(S(=O)(=O)c3ccccn3)CC2)nc1-c1cnn(CC(C)(C)O)c1. The minimum atomic E-state index is -3.62. The van der Waals surface area contributed by atoms with E-state index in [1.807, 2.05) is 0 Å². The largest absolute Gasteiger partial charge is 0.389 e. The van der Waals surface area contributed by atoms with E-state index in [0.717, 1.165) is 0 Å². The van der Waals surface area contributed by atoms with Gasteiger partial charge in [-0.3, -0.25) is 4.68 Å². The van der Waals surface area contributed by atoms with Crippen LogP contribution in [-0.4, -0.2) is 67.3 Å². The number of aromatic nitrogens is 5. The molecule has 4 rings (SSSR count). The first-order chi connectivity index (χ1) is 16.2. The molecule has 1 aliphatic heterocycles. The number of rotatable bonds is 7. The molecule has 0 atom stereocenters. The van der Waals surface area contributed by atoms with Crippen LogP contribution in [0.15, 0.2) is 48.0 Å². The van der Waals surface area contributed by atoms with Crippen molar-refractivity contribution in [2.45, 2.75) is 49.9 Å². The predicted octanol–water partition coefficient (Wildman–Crippen LogP) is 2.32. The van der Waals surface area contributed by atoms with Gasteiger partial charge in [-0.05, 0) is 38.8 Å². The van der Waals surface area contributed by atoms with Gasteiger partial charge in [0, 0.05) is 43.3 Å². The standard InChI is InChI=1S/C22H26N8O3S/c1-22(2,31)15-29-14-16(12-26-29)20-18(23-3)13-25-21(28-20)27-17-7-10-30(11-8-17)34(32,33)19-6-4-5-9-24-19/h4-6,9,12-14,17,31H,7-8,10-11,15H2,1-2H3,(H,25,27,28). The average Bonchev–Trinajstić information content (AvgIpc) is 3.26. The van der Waals surface area contributed by atoms with Gasteiger partial charge < -0.3 is 10.4 Å². The van der Waals surface area contributed by atoms with Gasteiger partial charge in [-0.25, -0.2) is 28.2 Å². The van der Waals surface area contributed by atoms with Gasteiger partial charge in [-0.1, -0.05) is 6.07 Å². The van der Waals surface area contributed by atoms with E-state index >= 15 is 0 Å². The summed E-state index contributed by atoms with van der Waals surface area (Å²) in [6, 6.07) is 4.82. The number of aliphatic hydroxyl groups is 1. The van der Waals surface area contributed by atoms with Gasteiger partial charge in [0.15, 0.2) is 5.03 Å². The maximum atomic E-state index is 12.8. The molecule has 3 aromatic rings. The Hall–Kier alpha value is -3.40. The van der Waals surface area contributed by atoms with E-state index in [0.29, 0.717) is 55.4 Å². The lowest BCUT2D eigenvalue weighted by Gasteiger charge is -2.31. The fourth-order valence-electron chi connectivity index (χ4n) is 3.76. The maximum Gasteiger partial charge on any atom is 0.260 e. The second-order valence-corrected chi connectivity index (χ2v) is 10.7. The molecule has 0 bridgehead atoms. The molecule has 4 heterocycles. The first-order valence-corrected chi connectivity index (χ1v) is 12.3. The van der Waals surface area contributed by atoms with E-state index in [1.165, 1.54) is 22.8 Å². The van der Waals surface area contributed by atoms with Gasteiger partial charge in [0.25, 0.3) is 10.0 Å². The highest BCUT2D eigenvalue weighted by molar-refractivity contribution is 7.89. The predicted molar refractivity (Wildman–Crippen MR) is 125 cm³/mol. The molecule has 0 saturated carbocycles. The summed E-state index contributed by atoms with van der Waals surface area (Å²) >= 11 is 0. The van der Waals surface area contributed by atoms with E-state index in [1.54, 1.807) is 43.1 Å². The van der Waals surface area contributed by atoms with Crippen LogP contribution < -0.4 is 5.32 Å². The summed E-state index contributed by atoms with van der Waals surface area (Å²) in [5.41, 5.74) is 0.467. The maximum absolute atomic E-state index is 12.8. The molecule has 1 saturated heterocycles. The number of hydrogen-bond acceptors (Lipinski definition) is 8. The normalized spacial score (nSPS) is 15.7. The van der Waals surface area contributed by atoms with Gasteiger partial charge >= 0.3 is 0 Å². The molecule has 1 aliphatic rings. The van der Waals surface area contributed by atoms with E-state index in [9.17, 15) is 13.5 Å². The third kappa shape index (κ3) is 5.39. The van der Waals surface area contributed by atoms with Gasteiger partial charge in [-0.2, -0.15) is 9.40 Å². The Kier molecular flexibility index (Phi) is 6.60. The number of hydrogen-bond donors (Lipinski definition) is 2. The third-order valence-corrected chi connectivity index (χ3v) is 7.19. The number of pyridine rings is 1. The molecule has 2 N–H and O–H groups in total. The summed E-state index contributed by atoms with van der Waals surface area (Å²) in [5.74, 6) is 0.365. The summed E-state index contributed by atoms with van der Waals surface area (Å²) < 4.78 is 28.6. The highest BCUT2D eigenvalue weighted by Crippen LogP contribution is 2.29.